The van der Waals surface area contributed by atoms with Gasteiger partial charge in [0.05, 0.1) is 21.1 Å². The van der Waals surface area contributed by atoms with Crippen molar-refractivity contribution in [2.75, 3.05) is 21.1 Å². The number of carbonyl (C=O) groups excluding carboxylic acids is 1. The van der Waals surface area contributed by atoms with Crippen LogP contribution in [0.5, 0.6) is 0 Å². The molecule has 0 aliphatic heterocycles. The number of hydrogen-bond acceptors (Lipinski definition) is 1. The van der Waals surface area contributed by atoms with Gasteiger partial charge in [0.15, 0.2) is 5.78 Å². The van der Waals surface area contributed by atoms with Crippen molar-refractivity contribution < 1.29 is 4.79 Å². The highest BCUT2D eigenvalue weighted by Gasteiger charge is 2.59. The number of nitrogens with zero attached hydrogens (tertiary/aromatic N) is 1. The van der Waals surface area contributed by atoms with E-state index in [0.29, 0.717) is 5.78 Å². The van der Waals surface area contributed by atoms with Crippen molar-refractivity contribution in [3.8, 4) is 0 Å². The van der Waals surface area contributed by atoms with Crippen molar-refractivity contribution in [2.24, 2.45) is 10.8 Å². The van der Waals surface area contributed by atoms with Gasteiger partial charge < -0.3 is 0 Å². The second-order valence-electron chi connectivity index (χ2n) is 8.60. The molecule has 1 aromatic rings. The highest BCUT2D eigenvalue weighted by atomic mass is 16.1. The quantitative estimate of drug-likeness (QED) is 0.767. The van der Waals surface area contributed by atoms with Crippen LogP contribution in [-0.4, -0.2) is 26.9 Å². The molecule has 0 aromatic heterocycles. The minimum absolute atomic E-state index is 0.0433. The molecule has 0 amide bonds. The normalized spacial score (nSPS) is 26.9. The van der Waals surface area contributed by atoms with Gasteiger partial charge in [-0.25, -0.2) is 0 Å². The van der Waals surface area contributed by atoms with Crippen LogP contribution in [-0.2, 0) is 11.2 Å². The minimum atomic E-state index is -0.167. The summed E-state index contributed by atoms with van der Waals surface area (Å²) in [6.45, 7) is 6.66. The van der Waals surface area contributed by atoms with Crippen LogP contribution in [0.3, 0.4) is 0 Å². The number of Topliss-reactive ketones (excluding diaryl/α,β-unsaturated/α-hetero) is 1. The van der Waals surface area contributed by atoms with Crippen molar-refractivity contribution in [1.29, 1.82) is 0 Å². The summed E-state index contributed by atoms with van der Waals surface area (Å²) >= 11 is 0. The van der Waals surface area contributed by atoms with Crippen molar-refractivity contribution in [1.82, 2.24) is 4.48 Å². The van der Waals surface area contributed by atoms with E-state index < -0.39 is 0 Å². The van der Waals surface area contributed by atoms with Gasteiger partial charge in [0.25, 0.3) is 0 Å². The third-order valence-corrected chi connectivity index (χ3v) is 6.24. The Morgan fingerprint density at radius 3 is 2.09 bits per heavy atom. The smallest absolute Gasteiger partial charge is 0.165 e. The van der Waals surface area contributed by atoms with E-state index in [9.17, 15) is 4.79 Å². The zero-order valence-electron chi connectivity index (χ0n) is 14.8. The zero-order valence-corrected chi connectivity index (χ0v) is 14.8. The molecule has 2 bridgehead atoms. The van der Waals surface area contributed by atoms with Gasteiger partial charge in [-0.3, -0.25) is 9.28 Å². The average Bonchev–Trinajstić information content (AvgIpc) is 2.73. The topological polar surface area (TPSA) is 17.1 Å². The standard InChI is InChI=1S/C20H28NO/c1-19(2)17-11-12-20(19,3)18(22)16(17)13-14-7-9-15(10-8-14)21(4,5)6/h7-10H,11-13H2,1-6H3/q+1. The van der Waals surface area contributed by atoms with Gasteiger partial charge in [0.1, 0.15) is 5.69 Å². The molecule has 2 aliphatic carbocycles. The van der Waals surface area contributed by atoms with Crippen LogP contribution in [0.2, 0.25) is 0 Å². The van der Waals surface area contributed by atoms with E-state index in [4.69, 9.17) is 0 Å². The number of rotatable bonds is 3. The van der Waals surface area contributed by atoms with Crippen molar-refractivity contribution in [3.63, 3.8) is 0 Å². The van der Waals surface area contributed by atoms with Crippen molar-refractivity contribution in [3.05, 3.63) is 41.0 Å². The summed E-state index contributed by atoms with van der Waals surface area (Å²) in [5.41, 5.74) is 4.92. The number of ketones is 1. The number of fused-ring (bicyclic) bond motifs is 2. The zero-order chi connectivity index (χ0) is 16.3. The first-order valence-electron chi connectivity index (χ1n) is 8.25. The molecule has 1 atom stereocenters. The van der Waals surface area contributed by atoms with E-state index in [0.717, 1.165) is 29.3 Å². The lowest BCUT2D eigenvalue weighted by atomic mass is 9.70. The van der Waals surface area contributed by atoms with E-state index in [1.54, 1.807) is 0 Å². The molecule has 1 aromatic carbocycles. The van der Waals surface area contributed by atoms with Gasteiger partial charge in [0, 0.05) is 11.8 Å². The second-order valence-corrected chi connectivity index (χ2v) is 8.60. The number of quaternary nitrogens is 1. The number of carbonyl (C=O) groups is 1. The maximum atomic E-state index is 12.9. The highest BCUT2D eigenvalue weighted by molar-refractivity contribution is 6.05. The van der Waals surface area contributed by atoms with Gasteiger partial charge >= 0.3 is 0 Å². The van der Waals surface area contributed by atoms with E-state index in [1.165, 1.54) is 16.8 Å². The third kappa shape index (κ3) is 2.00. The molecule has 0 saturated heterocycles. The Balaban J connectivity index is 1.90. The van der Waals surface area contributed by atoms with Crippen molar-refractivity contribution >= 4 is 11.5 Å². The molecule has 2 aliphatic rings. The fraction of sp³-hybridized carbons (Fsp3) is 0.550. The first kappa shape index (κ1) is 15.5. The fourth-order valence-corrected chi connectivity index (χ4v) is 4.18. The van der Waals surface area contributed by atoms with E-state index in [-0.39, 0.29) is 10.8 Å². The Morgan fingerprint density at radius 2 is 1.64 bits per heavy atom. The molecule has 22 heavy (non-hydrogen) atoms. The van der Waals surface area contributed by atoms with Gasteiger partial charge in [-0.05, 0) is 41.5 Å². The summed E-state index contributed by atoms with van der Waals surface area (Å²) in [6.07, 6.45) is 2.92. The summed E-state index contributed by atoms with van der Waals surface area (Å²) in [7, 11) is 6.51. The first-order chi connectivity index (χ1) is 10.1. The summed E-state index contributed by atoms with van der Waals surface area (Å²) in [6, 6.07) is 8.73. The maximum Gasteiger partial charge on any atom is 0.165 e. The molecule has 0 N–H and O–H groups in total. The highest BCUT2D eigenvalue weighted by Crippen LogP contribution is 2.63. The number of allylic oxidation sites excluding steroid dienone is 2. The van der Waals surface area contributed by atoms with Gasteiger partial charge in [-0.15, -0.1) is 0 Å². The van der Waals surface area contributed by atoms with Crippen molar-refractivity contribution in [2.45, 2.75) is 40.0 Å². The Labute approximate surface area is 134 Å². The molecule has 0 heterocycles. The first-order valence-corrected chi connectivity index (χ1v) is 8.25. The Bertz CT molecular complexity index is 658. The summed E-state index contributed by atoms with van der Waals surface area (Å²) < 4.78 is 0.818. The molecule has 2 nitrogen and oxygen atoms in total. The largest absolute Gasteiger partial charge is 0.298 e. The second kappa shape index (κ2) is 4.55. The fourth-order valence-electron chi connectivity index (χ4n) is 4.18. The molecule has 1 saturated carbocycles. The summed E-state index contributed by atoms with van der Waals surface area (Å²) in [5, 5.41) is 0. The molecule has 118 valence electrons. The molecule has 1 fully saturated rings. The van der Waals surface area contributed by atoms with E-state index in [1.807, 2.05) is 0 Å². The predicted molar refractivity (Wildman–Crippen MR) is 92.9 cm³/mol. The Morgan fingerprint density at radius 1 is 1.05 bits per heavy atom. The van der Waals surface area contributed by atoms with Crippen LogP contribution in [0.25, 0.3) is 0 Å². The van der Waals surface area contributed by atoms with Crippen LogP contribution in [0.15, 0.2) is 35.4 Å². The lowest BCUT2D eigenvalue weighted by molar-refractivity contribution is -0.126. The SMILES string of the molecule is CC1(C)C2=C(Cc3ccc([N+](C)(C)C)cc3)C(=O)C1(C)CC2. The molecule has 2 heteroatoms. The van der Waals surface area contributed by atoms with Crippen LogP contribution < -0.4 is 4.48 Å². The molecular formula is C20H28NO+. The maximum absolute atomic E-state index is 12.9. The van der Waals surface area contributed by atoms with E-state index in [2.05, 4.69) is 66.2 Å². The lowest BCUT2D eigenvalue weighted by Gasteiger charge is -2.32. The predicted octanol–water partition coefficient (Wildman–Crippen LogP) is 4.13. The van der Waals surface area contributed by atoms with Gasteiger partial charge in [0.2, 0.25) is 0 Å². The third-order valence-electron chi connectivity index (χ3n) is 6.24. The molecular weight excluding hydrogens is 270 g/mol. The van der Waals surface area contributed by atoms with Crippen LogP contribution >= 0.6 is 0 Å². The monoisotopic (exact) mass is 298 g/mol. The number of hydrogen-bond donors (Lipinski definition) is 0. The average molecular weight is 298 g/mol. The van der Waals surface area contributed by atoms with E-state index >= 15 is 0 Å². The minimum Gasteiger partial charge on any atom is -0.298 e. The van der Waals surface area contributed by atoms with Crippen LogP contribution in [0.1, 0.15) is 39.2 Å². The Kier molecular flexibility index (Phi) is 3.20. The van der Waals surface area contributed by atoms with Gasteiger partial charge in [-0.2, -0.15) is 0 Å². The molecule has 3 rings (SSSR count). The number of benzene rings is 1. The lowest BCUT2D eigenvalue weighted by Crippen LogP contribution is -2.34. The van der Waals surface area contributed by atoms with Crippen LogP contribution in [0, 0.1) is 10.8 Å². The molecule has 1 unspecified atom stereocenters. The summed E-state index contributed by atoms with van der Waals surface area (Å²) in [4.78, 5) is 12.9. The molecule has 0 radical (unpaired) electrons. The van der Waals surface area contributed by atoms with Gasteiger partial charge in [-0.1, -0.05) is 38.5 Å². The van der Waals surface area contributed by atoms with Crippen LogP contribution in [0.4, 0.5) is 5.69 Å². The Hall–Kier alpha value is -1.41. The summed E-state index contributed by atoms with van der Waals surface area (Å²) in [5.74, 6) is 0.398. The molecule has 0 spiro atoms.